The highest BCUT2D eigenvalue weighted by molar-refractivity contribution is 4.77. The van der Waals surface area contributed by atoms with Crippen molar-refractivity contribution in [1.82, 2.24) is 0 Å². The normalized spacial score (nSPS) is 22.7. The smallest absolute Gasteiger partial charge is 0.220 e. The van der Waals surface area contributed by atoms with Crippen LogP contribution in [-0.4, -0.2) is 37.5 Å². The Morgan fingerprint density at radius 2 is 1.50 bits per heavy atom. The zero-order chi connectivity index (χ0) is 12.7. The van der Waals surface area contributed by atoms with Crippen LogP contribution in [0.5, 0.6) is 0 Å². The van der Waals surface area contributed by atoms with E-state index in [1.54, 1.807) is 0 Å². The number of hydrogen-bond donors (Lipinski definition) is 0. The van der Waals surface area contributed by atoms with Gasteiger partial charge in [-0.1, -0.05) is 52.4 Å². The molecule has 0 saturated carbocycles. The lowest BCUT2D eigenvalue weighted by molar-refractivity contribution is -0.911. The first-order valence-corrected chi connectivity index (χ1v) is 7.60. The van der Waals surface area contributed by atoms with Crippen LogP contribution in [0.3, 0.4) is 0 Å². The molecule has 0 radical (unpaired) electrons. The summed E-state index contributed by atoms with van der Waals surface area (Å²) >= 11 is 0. The van der Waals surface area contributed by atoms with Gasteiger partial charge in [-0.15, -0.1) is 0 Å². The van der Waals surface area contributed by atoms with Crippen LogP contribution in [-0.2, 0) is 4.74 Å². The average Bonchev–Trinajstić information content (AvgIpc) is 3.03. The standard InChI is InChI=1S/C15H32NO.ClH/c1-5-7-8-9-10-11-12-14-15(17-14)16(3,4)13-6-2;/h14-15H,5-13H2,1-4H3;1H/q+1;/p-1. The van der Waals surface area contributed by atoms with E-state index in [-0.39, 0.29) is 12.4 Å². The first-order valence-electron chi connectivity index (χ1n) is 7.60. The van der Waals surface area contributed by atoms with E-state index in [0.717, 1.165) is 4.48 Å². The van der Waals surface area contributed by atoms with Crippen molar-refractivity contribution < 1.29 is 21.6 Å². The fraction of sp³-hybridized carbons (Fsp3) is 1.00. The van der Waals surface area contributed by atoms with Crippen LogP contribution in [0.4, 0.5) is 0 Å². The Balaban J connectivity index is 0.00000289. The molecule has 0 amide bonds. The molecule has 2 nitrogen and oxygen atoms in total. The van der Waals surface area contributed by atoms with Gasteiger partial charge in [0.15, 0.2) is 0 Å². The van der Waals surface area contributed by atoms with Crippen molar-refractivity contribution in [2.24, 2.45) is 0 Å². The third kappa shape index (κ3) is 6.40. The number of halogens is 1. The second-order valence-electron chi connectivity index (χ2n) is 6.12. The Morgan fingerprint density at radius 1 is 0.889 bits per heavy atom. The maximum atomic E-state index is 5.83. The van der Waals surface area contributed by atoms with Gasteiger partial charge in [-0.2, -0.15) is 0 Å². The molecule has 1 fully saturated rings. The van der Waals surface area contributed by atoms with Crippen LogP contribution in [0, 0.1) is 0 Å². The largest absolute Gasteiger partial charge is 1.00 e. The molecule has 1 aliphatic heterocycles. The van der Waals surface area contributed by atoms with E-state index in [9.17, 15) is 0 Å². The second kappa shape index (κ2) is 9.17. The molecule has 1 heterocycles. The molecule has 3 heteroatoms. The third-order valence-electron chi connectivity index (χ3n) is 3.89. The summed E-state index contributed by atoms with van der Waals surface area (Å²) in [4.78, 5) is 0. The number of hydrogen-bond acceptors (Lipinski definition) is 1. The van der Waals surface area contributed by atoms with Crippen molar-refractivity contribution in [3.63, 3.8) is 0 Å². The van der Waals surface area contributed by atoms with E-state index in [1.165, 1.54) is 57.9 Å². The number of rotatable bonds is 10. The van der Waals surface area contributed by atoms with Crippen LogP contribution >= 0.6 is 0 Å². The Hall–Kier alpha value is 0.210. The lowest BCUT2D eigenvalue weighted by atomic mass is 10.1. The molecule has 110 valence electrons. The number of unbranched alkanes of at least 4 members (excludes halogenated alkanes) is 5. The summed E-state index contributed by atoms with van der Waals surface area (Å²) in [6.07, 6.45) is 11.9. The lowest BCUT2D eigenvalue weighted by Gasteiger charge is -2.27. The molecule has 1 aliphatic rings. The molecule has 0 aliphatic carbocycles. The number of likely N-dealkylation sites (N-methyl/N-ethyl adjacent to an activating group) is 1. The van der Waals surface area contributed by atoms with Crippen LogP contribution in [0.2, 0.25) is 0 Å². The van der Waals surface area contributed by atoms with Gasteiger partial charge >= 0.3 is 0 Å². The summed E-state index contributed by atoms with van der Waals surface area (Å²) in [5, 5.41) is 0. The molecule has 2 atom stereocenters. The van der Waals surface area contributed by atoms with E-state index in [2.05, 4.69) is 27.9 Å². The van der Waals surface area contributed by atoms with Crippen molar-refractivity contribution in [3.05, 3.63) is 0 Å². The minimum absolute atomic E-state index is 0. The summed E-state index contributed by atoms with van der Waals surface area (Å²) in [7, 11) is 4.60. The van der Waals surface area contributed by atoms with Gasteiger partial charge < -0.3 is 21.6 Å². The lowest BCUT2D eigenvalue weighted by Crippen LogP contribution is -3.00. The van der Waals surface area contributed by atoms with Crippen molar-refractivity contribution in [2.45, 2.75) is 77.5 Å². The van der Waals surface area contributed by atoms with E-state index < -0.39 is 0 Å². The maximum absolute atomic E-state index is 5.83. The van der Waals surface area contributed by atoms with Gasteiger partial charge in [0.25, 0.3) is 0 Å². The minimum atomic E-state index is 0. The fourth-order valence-electron chi connectivity index (χ4n) is 2.79. The van der Waals surface area contributed by atoms with Gasteiger partial charge in [0.1, 0.15) is 6.10 Å². The van der Waals surface area contributed by atoms with Gasteiger partial charge in [0.2, 0.25) is 6.23 Å². The van der Waals surface area contributed by atoms with Crippen LogP contribution < -0.4 is 12.4 Å². The third-order valence-corrected chi connectivity index (χ3v) is 3.89. The number of ether oxygens (including phenoxy) is 1. The van der Waals surface area contributed by atoms with Gasteiger partial charge in [-0.05, 0) is 12.8 Å². The van der Waals surface area contributed by atoms with E-state index in [0.29, 0.717) is 12.3 Å². The summed E-state index contributed by atoms with van der Waals surface area (Å²) < 4.78 is 6.89. The molecule has 18 heavy (non-hydrogen) atoms. The SMILES string of the molecule is CCCCCCCCC1OC1[N+](C)(C)CCC.[Cl-]. The highest BCUT2D eigenvalue weighted by Gasteiger charge is 2.50. The molecule has 0 spiro atoms. The zero-order valence-corrected chi connectivity index (χ0v) is 13.5. The first kappa shape index (κ1) is 18.2. The van der Waals surface area contributed by atoms with Crippen LogP contribution in [0.25, 0.3) is 0 Å². The number of epoxide rings is 1. The minimum Gasteiger partial charge on any atom is -1.00 e. The van der Waals surface area contributed by atoms with E-state index in [4.69, 9.17) is 4.74 Å². The summed E-state index contributed by atoms with van der Waals surface area (Å²) in [6.45, 7) is 5.76. The summed E-state index contributed by atoms with van der Waals surface area (Å²) in [5.41, 5.74) is 0. The zero-order valence-electron chi connectivity index (χ0n) is 12.8. The molecule has 0 N–H and O–H groups in total. The Morgan fingerprint density at radius 3 is 2.11 bits per heavy atom. The topological polar surface area (TPSA) is 12.5 Å². The fourth-order valence-corrected chi connectivity index (χ4v) is 2.79. The Kier molecular flexibility index (Phi) is 9.27. The molecule has 0 bridgehead atoms. The maximum Gasteiger partial charge on any atom is 0.220 e. The molecular formula is C15H32ClNO. The van der Waals surface area contributed by atoms with Crippen LogP contribution in [0.1, 0.15) is 65.2 Å². The quantitative estimate of drug-likeness (QED) is 0.329. The molecule has 0 aromatic rings. The van der Waals surface area contributed by atoms with Gasteiger partial charge in [0.05, 0.1) is 20.6 Å². The predicted molar refractivity (Wildman–Crippen MR) is 73.9 cm³/mol. The Bertz CT molecular complexity index is 209. The van der Waals surface area contributed by atoms with Gasteiger partial charge in [-0.25, -0.2) is 0 Å². The monoisotopic (exact) mass is 277 g/mol. The van der Waals surface area contributed by atoms with Gasteiger partial charge in [-0.3, -0.25) is 0 Å². The summed E-state index contributed by atoms with van der Waals surface area (Å²) in [5.74, 6) is 0. The van der Waals surface area contributed by atoms with Crippen molar-refractivity contribution in [3.8, 4) is 0 Å². The van der Waals surface area contributed by atoms with Crippen LogP contribution in [0.15, 0.2) is 0 Å². The molecule has 0 aromatic carbocycles. The van der Waals surface area contributed by atoms with Crippen molar-refractivity contribution in [1.29, 1.82) is 0 Å². The summed E-state index contributed by atoms with van der Waals surface area (Å²) in [6, 6.07) is 0. The van der Waals surface area contributed by atoms with Crippen molar-refractivity contribution >= 4 is 0 Å². The molecule has 1 saturated heterocycles. The number of quaternary nitrogens is 1. The van der Waals surface area contributed by atoms with E-state index in [1.807, 2.05) is 0 Å². The second-order valence-corrected chi connectivity index (χ2v) is 6.12. The van der Waals surface area contributed by atoms with Crippen molar-refractivity contribution in [2.75, 3.05) is 20.6 Å². The average molecular weight is 278 g/mol. The van der Waals surface area contributed by atoms with Gasteiger partial charge in [0, 0.05) is 0 Å². The molecule has 2 unspecified atom stereocenters. The Labute approximate surface area is 120 Å². The number of nitrogens with zero attached hydrogens (tertiary/aromatic N) is 1. The molecular weight excluding hydrogens is 246 g/mol. The highest BCUT2D eigenvalue weighted by atomic mass is 35.5. The predicted octanol–water partition coefficient (Wildman–Crippen LogP) is 0.952. The highest BCUT2D eigenvalue weighted by Crippen LogP contribution is 2.33. The molecule has 1 rings (SSSR count). The molecule has 0 aromatic heterocycles. The van der Waals surface area contributed by atoms with E-state index >= 15 is 0 Å². The first-order chi connectivity index (χ1) is 8.11.